The van der Waals surface area contributed by atoms with Gasteiger partial charge in [0.15, 0.2) is 0 Å². The van der Waals surface area contributed by atoms with Gasteiger partial charge in [-0.2, -0.15) is 0 Å². The highest BCUT2D eigenvalue weighted by atomic mass is 16.5. The van der Waals surface area contributed by atoms with Crippen LogP contribution in [0.1, 0.15) is 50.5 Å². The summed E-state index contributed by atoms with van der Waals surface area (Å²) in [5, 5.41) is 9.44. The third kappa shape index (κ3) is 2.60. The van der Waals surface area contributed by atoms with Crippen LogP contribution in [0.5, 0.6) is 11.5 Å². The molecule has 0 saturated carbocycles. The Balaban J connectivity index is 2.03. The molecule has 92 valence electrons. The van der Waals surface area contributed by atoms with E-state index in [4.69, 9.17) is 4.74 Å². The van der Waals surface area contributed by atoms with E-state index in [0.29, 0.717) is 5.75 Å². The number of carbonyl (C=O) groups is 1. The third-order valence-electron chi connectivity index (χ3n) is 3.21. The van der Waals surface area contributed by atoms with Gasteiger partial charge in [-0.1, -0.05) is 32.6 Å². The Morgan fingerprint density at radius 2 is 2.12 bits per heavy atom. The maximum absolute atomic E-state index is 11.7. The summed E-state index contributed by atoms with van der Waals surface area (Å²) in [6.45, 7) is 2.16. The molecule has 1 aromatic carbocycles. The molecule has 0 saturated heterocycles. The Morgan fingerprint density at radius 3 is 2.88 bits per heavy atom. The minimum atomic E-state index is -0.186. The summed E-state index contributed by atoms with van der Waals surface area (Å²) in [4.78, 5) is 11.7. The number of rotatable bonds is 5. The van der Waals surface area contributed by atoms with Crippen molar-refractivity contribution in [2.24, 2.45) is 0 Å². The van der Waals surface area contributed by atoms with Crippen LogP contribution in [0.2, 0.25) is 0 Å². The fourth-order valence-corrected chi connectivity index (χ4v) is 2.26. The van der Waals surface area contributed by atoms with E-state index in [1.807, 2.05) is 0 Å². The molecule has 1 aliphatic rings. The first kappa shape index (κ1) is 12.0. The summed E-state index contributed by atoms with van der Waals surface area (Å²) in [5.41, 5.74) is 0.839. The van der Waals surface area contributed by atoms with Crippen LogP contribution < -0.4 is 4.74 Å². The maximum Gasteiger partial charge on any atom is 0.318 e. The average molecular weight is 234 g/mol. The second-order valence-corrected chi connectivity index (χ2v) is 4.55. The fraction of sp³-hybridized carbons (Fsp3) is 0.500. The zero-order valence-corrected chi connectivity index (χ0v) is 10.1. The molecular weight excluding hydrogens is 216 g/mol. The van der Waals surface area contributed by atoms with E-state index < -0.39 is 0 Å². The number of carbonyl (C=O) groups excluding carboxylic acids is 1. The molecule has 0 spiro atoms. The van der Waals surface area contributed by atoms with E-state index in [-0.39, 0.29) is 17.6 Å². The molecule has 3 nitrogen and oxygen atoms in total. The lowest BCUT2D eigenvalue weighted by molar-refractivity contribution is -0.134. The van der Waals surface area contributed by atoms with E-state index in [9.17, 15) is 9.90 Å². The van der Waals surface area contributed by atoms with Gasteiger partial charge in [-0.05, 0) is 24.6 Å². The SMILES string of the molecule is CCCCCCC1C(=O)Oc2ccc(O)cc21. The Labute approximate surface area is 101 Å². The lowest BCUT2D eigenvalue weighted by Crippen LogP contribution is -2.09. The summed E-state index contributed by atoms with van der Waals surface area (Å²) in [6, 6.07) is 4.85. The standard InChI is InChI=1S/C14H18O3/c1-2-3-4-5-6-11-12-9-10(15)7-8-13(12)17-14(11)16/h7-9,11,15H,2-6H2,1H3. The first-order valence-corrected chi connectivity index (χ1v) is 6.27. The predicted molar refractivity (Wildman–Crippen MR) is 65.2 cm³/mol. The highest BCUT2D eigenvalue weighted by Gasteiger charge is 2.32. The van der Waals surface area contributed by atoms with Gasteiger partial charge in [0.05, 0.1) is 5.92 Å². The number of benzene rings is 1. The molecule has 17 heavy (non-hydrogen) atoms. The zero-order chi connectivity index (χ0) is 12.3. The van der Waals surface area contributed by atoms with Crippen molar-refractivity contribution in [3.05, 3.63) is 23.8 Å². The van der Waals surface area contributed by atoms with E-state index in [0.717, 1.165) is 24.8 Å². The van der Waals surface area contributed by atoms with Gasteiger partial charge in [-0.15, -0.1) is 0 Å². The largest absolute Gasteiger partial charge is 0.508 e. The van der Waals surface area contributed by atoms with Crippen molar-refractivity contribution in [2.75, 3.05) is 0 Å². The second kappa shape index (κ2) is 5.21. The first-order valence-electron chi connectivity index (χ1n) is 6.27. The number of unbranched alkanes of at least 4 members (excludes halogenated alkanes) is 3. The molecular formula is C14H18O3. The summed E-state index contributed by atoms with van der Waals surface area (Å²) >= 11 is 0. The second-order valence-electron chi connectivity index (χ2n) is 4.55. The first-order chi connectivity index (χ1) is 8.22. The number of phenolic OH excluding ortho intramolecular Hbond substituents is 1. The number of fused-ring (bicyclic) bond motifs is 1. The average Bonchev–Trinajstić information content (AvgIpc) is 2.61. The van der Waals surface area contributed by atoms with Crippen molar-refractivity contribution in [1.29, 1.82) is 0 Å². The fourth-order valence-electron chi connectivity index (χ4n) is 2.26. The molecule has 3 heteroatoms. The van der Waals surface area contributed by atoms with Crippen LogP contribution >= 0.6 is 0 Å². The quantitative estimate of drug-likeness (QED) is 0.482. The van der Waals surface area contributed by atoms with Crippen LogP contribution in [0.4, 0.5) is 0 Å². The van der Waals surface area contributed by atoms with Crippen LogP contribution in [0.3, 0.4) is 0 Å². The van der Waals surface area contributed by atoms with Crippen molar-refractivity contribution in [3.8, 4) is 11.5 Å². The molecule has 0 aromatic heterocycles. The normalized spacial score (nSPS) is 17.9. The molecule has 1 N–H and O–H groups in total. The lowest BCUT2D eigenvalue weighted by Gasteiger charge is -2.06. The van der Waals surface area contributed by atoms with Crippen LogP contribution in [0, 0.1) is 0 Å². The van der Waals surface area contributed by atoms with Crippen molar-refractivity contribution in [3.63, 3.8) is 0 Å². The van der Waals surface area contributed by atoms with Gasteiger partial charge in [-0.3, -0.25) is 4.79 Å². The molecule has 0 fully saturated rings. The lowest BCUT2D eigenvalue weighted by atomic mass is 9.94. The Hall–Kier alpha value is -1.51. The third-order valence-corrected chi connectivity index (χ3v) is 3.21. The van der Waals surface area contributed by atoms with Gasteiger partial charge >= 0.3 is 5.97 Å². The van der Waals surface area contributed by atoms with E-state index >= 15 is 0 Å². The highest BCUT2D eigenvalue weighted by Crippen LogP contribution is 2.39. The number of hydrogen-bond acceptors (Lipinski definition) is 3. The van der Waals surface area contributed by atoms with Crippen molar-refractivity contribution < 1.29 is 14.6 Å². The van der Waals surface area contributed by atoms with Gasteiger partial charge in [0.25, 0.3) is 0 Å². The molecule has 1 aliphatic heterocycles. The van der Waals surface area contributed by atoms with Gasteiger partial charge < -0.3 is 9.84 Å². The summed E-state index contributed by atoms with van der Waals surface area (Å²) in [6.07, 6.45) is 5.38. The van der Waals surface area contributed by atoms with Crippen LogP contribution in [0.15, 0.2) is 18.2 Å². The highest BCUT2D eigenvalue weighted by molar-refractivity contribution is 5.86. The molecule has 1 aromatic rings. The molecule has 0 amide bonds. The minimum Gasteiger partial charge on any atom is -0.508 e. The van der Waals surface area contributed by atoms with Gasteiger partial charge in [0.1, 0.15) is 11.5 Å². The predicted octanol–water partition coefficient (Wildman–Crippen LogP) is 3.37. The Morgan fingerprint density at radius 1 is 1.29 bits per heavy atom. The van der Waals surface area contributed by atoms with Gasteiger partial charge in [0.2, 0.25) is 0 Å². The monoisotopic (exact) mass is 234 g/mol. The topological polar surface area (TPSA) is 46.5 Å². The maximum atomic E-state index is 11.7. The van der Waals surface area contributed by atoms with E-state index in [1.165, 1.54) is 12.8 Å². The van der Waals surface area contributed by atoms with Gasteiger partial charge in [-0.25, -0.2) is 0 Å². The van der Waals surface area contributed by atoms with Crippen molar-refractivity contribution in [2.45, 2.75) is 44.9 Å². The van der Waals surface area contributed by atoms with E-state index in [1.54, 1.807) is 18.2 Å². The summed E-state index contributed by atoms with van der Waals surface area (Å²) in [5.74, 6) is 0.435. The molecule has 0 radical (unpaired) electrons. The summed E-state index contributed by atoms with van der Waals surface area (Å²) in [7, 11) is 0. The molecule has 1 heterocycles. The zero-order valence-electron chi connectivity index (χ0n) is 10.1. The van der Waals surface area contributed by atoms with Crippen LogP contribution in [0.25, 0.3) is 0 Å². The number of esters is 1. The summed E-state index contributed by atoms with van der Waals surface area (Å²) < 4.78 is 5.18. The Bertz CT molecular complexity index is 412. The molecule has 0 aliphatic carbocycles. The van der Waals surface area contributed by atoms with Crippen LogP contribution in [-0.2, 0) is 4.79 Å². The Kier molecular flexibility index (Phi) is 3.67. The molecule has 1 unspecified atom stereocenters. The van der Waals surface area contributed by atoms with Crippen molar-refractivity contribution >= 4 is 5.97 Å². The minimum absolute atomic E-state index is 0.179. The van der Waals surface area contributed by atoms with Crippen molar-refractivity contribution in [1.82, 2.24) is 0 Å². The molecule has 1 atom stereocenters. The number of hydrogen-bond donors (Lipinski definition) is 1. The van der Waals surface area contributed by atoms with Crippen LogP contribution in [-0.4, -0.2) is 11.1 Å². The number of aromatic hydroxyl groups is 1. The smallest absolute Gasteiger partial charge is 0.318 e. The van der Waals surface area contributed by atoms with Gasteiger partial charge in [0, 0.05) is 5.56 Å². The molecule has 2 rings (SSSR count). The number of ether oxygens (including phenoxy) is 1. The molecule has 0 bridgehead atoms. The van der Waals surface area contributed by atoms with E-state index in [2.05, 4.69) is 6.92 Å². The number of phenols is 1.